The average molecular weight is 196 g/mol. The largest absolute Gasteiger partial charge is 0.478 e. The van der Waals surface area contributed by atoms with Crippen LogP contribution in [-0.4, -0.2) is 53.1 Å². The van der Waals surface area contributed by atoms with E-state index in [9.17, 15) is 4.79 Å². The third-order valence-corrected chi connectivity index (χ3v) is 3.05. The molecule has 4 nitrogen and oxygen atoms in total. The fraction of sp³-hybridized carbons (Fsp3) is 0.700. The molecule has 0 bridgehead atoms. The Morgan fingerprint density at radius 2 is 2.21 bits per heavy atom. The third kappa shape index (κ3) is 2.07. The SMILES string of the molecule is O=C(O)C=CN1CCN2CCCC2C1. The Morgan fingerprint density at radius 1 is 1.36 bits per heavy atom. The molecule has 0 amide bonds. The number of nitrogens with zero attached hydrogens (tertiary/aromatic N) is 2. The number of fused-ring (bicyclic) bond motifs is 1. The first-order valence-corrected chi connectivity index (χ1v) is 5.15. The van der Waals surface area contributed by atoms with Crippen LogP contribution in [0.1, 0.15) is 12.8 Å². The number of hydrogen-bond donors (Lipinski definition) is 1. The molecule has 0 aliphatic carbocycles. The molecule has 0 aromatic carbocycles. The highest BCUT2D eigenvalue weighted by molar-refractivity contribution is 5.79. The van der Waals surface area contributed by atoms with Crippen LogP contribution < -0.4 is 0 Å². The van der Waals surface area contributed by atoms with Crippen molar-refractivity contribution in [1.29, 1.82) is 0 Å². The molecule has 0 aromatic heterocycles. The summed E-state index contributed by atoms with van der Waals surface area (Å²) in [6.45, 7) is 4.25. The maximum absolute atomic E-state index is 10.3. The zero-order chi connectivity index (χ0) is 9.97. The number of piperazine rings is 1. The van der Waals surface area contributed by atoms with Crippen molar-refractivity contribution < 1.29 is 9.90 Å². The Hall–Kier alpha value is -1.03. The van der Waals surface area contributed by atoms with Crippen molar-refractivity contribution in [3.8, 4) is 0 Å². The monoisotopic (exact) mass is 196 g/mol. The van der Waals surface area contributed by atoms with Crippen molar-refractivity contribution >= 4 is 5.97 Å². The Morgan fingerprint density at radius 3 is 3.00 bits per heavy atom. The van der Waals surface area contributed by atoms with Crippen LogP contribution in [0.25, 0.3) is 0 Å². The van der Waals surface area contributed by atoms with Crippen LogP contribution in [0.4, 0.5) is 0 Å². The van der Waals surface area contributed by atoms with Gasteiger partial charge >= 0.3 is 5.97 Å². The fourth-order valence-corrected chi connectivity index (χ4v) is 2.32. The van der Waals surface area contributed by atoms with Gasteiger partial charge in [0.05, 0.1) is 0 Å². The van der Waals surface area contributed by atoms with Gasteiger partial charge in [-0.25, -0.2) is 4.79 Å². The van der Waals surface area contributed by atoms with Crippen molar-refractivity contribution in [2.45, 2.75) is 18.9 Å². The molecule has 14 heavy (non-hydrogen) atoms. The van der Waals surface area contributed by atoms with Gasteiger partial charge < -0.3 is 10.0 Å². The van der Waals surface area contributed by atoms with E-state index in [0.29, 0.717) is 6.04 Å². The lowest BCUT2D eigenvalue weighted by Crippen LogP contribution is -2.47. The molecular weight excluding hydrogens is 180 g/mol. The normalized spacial score (nSPS) is 28.3. The van der Waals surface area contributed by atoms with Gasteiger partial charge in [0, 0.05) is 38.0 Å². The van der Waals surface area contributed by atoms with Crippen LogP contribution in [0.2, 0.25) is 0 Å². The summed E-state index contributed by atoms with van der Waals surface area (Å²) >= 11 is 0. The lowest BCUT2D eigenvalue weighted by Gasteiger charge is -2.36. The van der Waals surface area contributed by atoms with Crippen molar-refractivity contribution in [3.63, 3.8) is 0 Å². The highest BCUT2D eigenvalue weighted by Crippen LogP contribution is 2.21. The molecule has 2 heterocycles. The number of aliphatic carboxylic acids is 1. The van der Waals surface area contributed by atoms with E-state index in [4.69, 9.17) is 5.11 Å². The first-order valence-electron chi connectivity index (χ1n) is 5.15. The summed E-state index contributed by atoms with van der Waals surface area (Å²) in [5.74, 6) is -0.862. The van der Waals surface area contributed by atoms with Gasteiger partial charge in [0.25, 0.3) is 0 Å². The standard InChI is InChI=1S/C10H16N2O2/c13-10(14)3-5-11-6-7-12-4-1-2-9(12)8-11/h3,5,9H,1-2,4,6-8H2,(H,13,14). The predicted octanol–water partition coefficient (Wildman–Crippen LogP) is 0.365. The molecule has 1 atom stereocenters. The maximum Gasteiger partial charge on any atom is 0.329 e. The number of carboxylic acid groups (broad SMARTS) is 1. The maximum atomic E-state index is 10.3. The van der Waals surface area contributed by atoms with Crippen LogP contribution >= 0.6 is 0 Å². The number of carboxylic acids is 1. The molecule has 2 saturated heterocycles. The highest BCUT2D eigenvalue weighted by Gasteiger charge is 2.29. The summed E-state index contributed by atoms with van der Waals surface area (Å²) < 4.78 is 0. The summed E-state index contributed by atoms with van der Waals surface area (Å²) in [5.41, 5.74) is 0. The summed E-state index contributed by atoms with van der Waals surface area (Å²) in [4.78, 5) is 15.0. The molecule has 0 aromatic rings. The molecule has 4 heteroatoms. The fourth-order valence-electron chi connectivity index (χ4n) is 2.32. The molecule has 2 rings (SSSR count). The van der Waals surface area contributed by atoms with Crippen LogP contribution in [0.3, 0.4) is 0 Å². The van der Waals surface area contributed by atoms with E-state index in [-0.39, 0.29) is 0 Å². The molecule has 2 aliphatic rings. The van der Waals surface area contributed by atoms with E-state index in [0.717, 1.165) is 19.6 Å². The Balaban J connectivity index is 1.88. The third-order valence-electron chi connectivity index (χ3n) is 3.05. The number of hydrogen-bond acceptors (Lipinski definition) is 3. The molecular formula is C10H16N2O2. The van der Waals surface area contributed by atoms with E-state index in [1.54, 1.807) is 6.20 Å². The second-order valence-electron chi connectivity index (χ2n) is 3.98. The van der Waals surface area contributed by atoms with Gasteiger partial charge in [0.2, 0.25) is 0 Å². The zero-order valence-corrected chi connectivity index (χ0v) is 8.22. The molecule has 0 saturated carbocycles. The van der Waals surface area contributed by atoms with Crippen LogP contribution in [0.15, 0.2) is 12.3 Å². The second kappa shape index (κ2) is 4.00. The lowest BCUT2D eigenvalue weighted by atomic mass is 10.2. The van der Waals surface area contributed by atoms with Gasteiger partial charge in [0.1, 0.15) is 0 Å². The van der Waals surface area contributed by atoms with Gasteiger partial charge in [-0.05, 0) is 19.4 Å². The van der Waals surface area contributed by atoms with Crippen LogP contribution in [0, 0.1) is 0 Å². The predicted molar refractivity (Wildman–Crippen MR) is 52.9 cm³/mol. The summed E-state index contributed by atoms with van der Waals surface area (Å²) in [6.07, 6.45) is 5.49. The first kappa shape index (κ1) is 9.52. The van der Waals surface area contributed by atoms with Crippen LogP contribution in [0.5, 0.6) is 0 Å². The minimum Gasteiger partial charge on any atom is -0.478 e. The molecule has 0 radical (unpaired) electrons. The number of rotatable bonds is 2. The van der Waals surface area contributed by atoms with Gasteiger partial charge in [-0.3, -0.25) is 4.90 Å². The van der Waals surface area contributed by atoms with Crippen molar-refractivity contribution in [3.05, 3.63) is 12.3 Å². The van der Waals surface area contributed by atoms with E-state index in [2.05, 4.69) is 9.80 Å². The van der Waals surface area contributed by atoms with Gasteiger partial charge in [-0.2, -0.15) is 0 Å². The Kier molecular flexibility index (Phi) is 2.72. The molecule has 1 unspecified atom stereocenters. The van der Waals surface area contributed by atoms with E-state index in [1.807, 2.05) is 0 Å². The smallest absolute Gasteiger partial charge is 0.329 e. The average Bonchev–Trinajstić information content (AvgIpc) is 2.61. The van der Waals surface area contributed by atoms with Crippen LogP contribution in [-0.2, 0) is 4.79 Å². The zero-order valence-electron chi connectivity index (χ0n) is 8.22. The second-order valence-corrected chi connectivity index (χ2v) is 3.98. The Bertz CT molecular complexity index is 253. The van der Waals surface area contributed by atoms with E-state index < -0.39 is 5.97 Å². The summed E-state index contributed by atoms with van der Waals surface area (Å²) in [7, 11) is 0. The van der Waals surface area contributed by atoms with Crippen molar-refractivity contribution in [1.82, 2.24) is 9.80 Å². The quantitative estimate of drug-likeness (QED) is 0.648. The molecule has 2 fully saturated rings. The topological polar surface area (TPSA) is 43.8 Å². The van der Waals surface area contributed by atoms with Crippen molar-refractivity contribution in [2.75, 3.05) is 26.2 Å². The molecule has 2 aliphatic heterocycles. The van der Waals surface area contributed by atoms with Gasteiger partial charge in [-0.1, -0.05) is 0 Å². The van der Waals surface area contributed by atoms with Gasteiger partial charge in [-0.15, -0.1) is 0 Å². The van der Waals surface area contributed by atoms with E-state index in [1.165, 1.54) is 25.5 Å². The Labute approximate surface area is 83.8 Å². The van der Waals surface area contributed by atoms with Crippen molar-refractivity contribution in [2.24, 2.45) is 0 Å². The minimum absolute atomic E-state index is 0.655. The van der Waals surface area contributed by atoms with Gasteiger partial charge in [0.15, 0.2) is 0 Å². The summed E-state index contributed by atoms with van der Waals surface area (Å²) in [6, 6.07) is 0.655. The molecule has 78 valence electrons. The lowest BCUT2D eigenvalue weighted by molar-refractivity contribution is -0.131. The first-order chi connectivity index (χ1) is 6.75. The minimum atomic E-state index is -0.862. The highest BCUT2D eigenvalue weighted by atomic mass is 16.4. The molecule has 1 N–H and O–H groups in total. The summed E-state index contributed by atoms with van der Waals surface area (Å²) in [5, 5.41) is 8.51. The number of carbonyl (C=O) groups is 1. The molecule has 0 spiro atoms. The van der Waals surface area contributed by atoms with E-state index >= 15 is 0 Å².